The molecule has 1 aromatic heterocycles. The van der Waals surface area contributed by atoms with Gasteiger partial charge in [0.2, 0.25) is 11.8 Å². The van der Waals surface area contributed by atoms with Gasteiger partial charge in [-0.2, -0.15) is 4.57 Å². The van der Waals surface area contributed by atoms with Crippen molar-refractivity contribution in [3.05, 3.63) is 53.0 Å². The molecule has 1 saturated heterocycles. The van der Waals surface area contributed by atoms with Gasteiger partial charge in [0.05, 0.1) is 13.7 Å². The number of fused-ring (bicyclic) bond motifs is 1. The number of ether oxygens (including phenoxy) is 3. The van der Waals surface area contributed by atoms with E-state index < -0.39 is 37.3 Å². The van der Waals surface area contributed by atoms with Gasteiger partial charge in [-0.05, 0) is 29.8 Å². The lowest BCUT2D eigenvalue weighted by Crippen LogP contribution is -2.60. The highest BCUT2D eigenvalue weighted by Gasteiger charge is 2.44. The molecule has 32 heavy (non-hydrogen) atoms. The van der Waals surface area contributed by atoms with E-state index in [0.717, 1.165) is 16.1 Å². The van der Waals surface area contributed by atoms with Crippen molar-refractivity contribution in [2.45, 2.75) is 30.7 Å². The standard InChI is InChI=1S/C23H26NO7S/c1-24-14-5-3-4-6-18(14)32-19(24)10-8-13-7-9-15(16(11-13)29-2)30-23-22(28)21(27)20(26)17(12-25)31-23/h3-11,17,20-23,25-28H,12H2,1-2H3/q+1/t17-,20-,21+,22-,23?/m1/s1. The molecule has 0 amide bonds. The monoisotopic (exact) mass is 460 g/mol. The van der Waals surface area contributed by atoms with Gasteiger partial charge in [0.25, 0.3) is 5.01 Å². The van der Waals surface area contributed by atoms with Crippen LogP contribution in [0.15, 0.2) is 42.5 Å². The van der Waals surface area contributed by atoms with Gasteiger partial charge < -0.3 is 34.6 Å². The third kappa shape index (κ3) is 4.36. The van der Waals surface area contributed by atoms with E-state index in [1.807, 2.05) is 37.4 Å². The second-order valence-corrected chi connectivity index (χ2v) is 8.59. The predicted molar refractivity (Wildman–Crippen MR) is 119 cm³/mol. The molecule has 2 aromatic carbocycles. The first-order valence-electron chi connectivity index (χ1n) is 10.1. The fourth-order valence-corrected chi connectivity index (χ4v) is 4.66. The summed E-state index contributed by atoms with van der Waals surface area (Å²) in [7, 11) is 3.52. The molecule has 0 radical (unpaired) electrons. The molecule has 0 saturated carbocycles. The Morgan fingerprint density at radius 1 is 1.03 bits per heavy atom. The largest absolute Gasteiger partial charge is 0.493 e. The highest BCUT2D eigenvalue weighted by molar-refractivity contribution is 7.18. The number of para-hydroxylation sites is 1. The van der Waals surface area contributed by atoms with Crippen LogP contribution in [0.1, 0.15) is 10.6 Å². The van der Waals surface area contributed by atoms with Crippen LogP contribution in [0.4, 0.5) is 0 Å². The zero-order valence-electron chi connectivity index (χ0n) is 17.7. The van der Waals surface area contributed by atoms with Crippen LogP contribution in [0.3, 0.4) is 0 Å². The summed E-state index contributed by atoms with van der Waals surface area (Å²) in [6, 6.07) is 13.5. The van der Waals surface area contributed by atoms with E-state index in [1.54, 1.807) is 23.5 Å². The first-order chi connectivity index (χ1) is 15.4. The SMILES string of the molecule is COc1cc(C=Cc2sc3ccccc3[n+]2C)ccc1OC1O[C@H](CO)[C@@H](O)[C@H](O)[C@H]1O. The van der Waals surface area contributed by atoms with Crippen molar-refractivity contribution >= 4 is 33.7 Å². The van der Waals surface area contributed by atoms with Gasteiger partial charge in [-0.15, -0.1) is 0 Å². The molecule has 1 aliphatic rings. The van der Waals surface area contributed by atoms with Gasteiger partial charge in [0.1, 0.15) is 36.2 Å². The number of aryl methyl sites for hydroxylation is 1. The minimum Gasteiger partial charge on any atom is -0.493 e. The molecule has 1 unspecified atom stereocenters. The highest BCUT2D eigenvalue weighted by atomic mass is 32.1. The van der Waals surface area contributed by atoms with Gasteiger partial charge in [0.15, 0.2) is 11.5 Å². The van der Waals surface area contributed by atoms with E-state index in [-0.39, 0.29) is 0 Å². The van der Waals surface area contributed by atoms with Gasteiger partial charge in [-0.1, -0.05) is 29.5 Å². The number of rotatable bonds is 6. The van der Waals surface area contributed by atoms with E-state index in [9.17, 15) is 20.4 Å². The molecule has 0 spiro atoms. The average Bonchev–Trinajstić information content (AvgIpc) is 3.14. The third-order valence-electron chi connectivity index (χ3n) is 5.47. The van der Waals surface area contributed by atoms with Gasteiger partial charge in [-0.3, -0.25) is 0 Å². The van der Waals surface area contributed by atoms with Crippen molar-refractivity contribution in [2.24, 2.45) is 7.05 Å². The van der Waals surface area contributed by atoms with E-state index in [0.29, 0.717) is 11.5 Å². The number of thiazole rings is 1. The Kier molecular flexibility index (Phi) is 6.75. The maximum atomic E-state index is 10.2. The van der Waals surface area contributed by atoms with Crippen LogP contribution in [0.2, 0.25) is 0 Å². The van der Waals surface area contributed by atoms with E-state index >= 15 is 0 Å². The second kappa shape index (κ2) is 9.53. The smallest absolute Gasteiger partial charge is 0.262 e. The molecule has 0 aliphatic carbocycles. The molecule has 2 heterocycles. The Hall–Kier alpha value is -2.53. The Morgan fingerprint density at radius 2 is 1.81 bits per heavy atom. The summed E-state index contributed by atoms with van der Waals surface area (Å²) in [4.78, 5) is 0. The van der Waals surface area contributed by atoms with Crippen molar-refractivity contribution in [2.75, 3.05) is 13.7 Å². The fourth-order valence-electron chi connectivity index (χ4n) is 3.61. The van der Waals surface area contributed by atoms with Crippen LogP contribution in [-0.2, 0) is 11.8 Å². The summed E-state index contributed by atoms with van der Waals surface area (Å²) < 4.78 is 19.9. The zero-order valence-corrected chi connectivity index (χ0v) is 18.5. The van der Waals surface area contributed by atoms with E-state index in [4.69, 9.17) is 14.2 Å². The van der Waals surface area contributed by atoms with Gasteiger partial charge in [-0.25, -0.2) is 0 Å². The molecule has 4 rings (SSSR count). The highest BCUT2D eigenvalue weighted by Crippen LogP contribution is 2.32. The number of hydrogen-bond acceptors (Lipinski definition) is 8. The van der Waals surface area contributed by atoms with Crippen LogP contribution < -0.4 is 14.0 Å². The molecular weight excluding hydrogens is 434 g/mol. The van der Waals surface area contributed by atoms with Crippen LogP contribution in [0, 0.1) is 0 Å². The van der Waals surface area contributed by atoms with Gasteiger partial charge >= 0.3 is 0 Å². The maximum Gasteiger partial charge on any atom is 0.262 e. The fraction of sp³-hybridized carbons (Fsp3) is 0.348. The van der Waals surface area contributed by atoms with Crippen LogP contribution in [-0.4, -0.2) is 64.8 Å². The normalized spacial score (nSPS) is 26.0. The number of methoxy groups -OCH3 is 1. The van der Waals surface area contributed by atoms with Crippen molar-refractivity contribution in [3.8, 4) is 11.5 Å². The molecule has 4 N–H and O–H groups in total. The summed E-state index contributed by atoms with van der Waals surface area (Å²) in [5, 5.41) is 40.5. The van der Waals surface area contributed by atoms with Crippen molar-refractivity contribution in [1.29, 1.82) is 0 Å². The number of aliphatic hydroxyl groups excluding tert-OH is 4. The Labute approximate surface area is 189 Å². The first kappa shape index (κ1) is 22.7. The quantitative estimate of drug-likeness (QED) is 0.407. The lowest BCUT2D eigenvalue weighted by atomic mass is 9.99. The van der Waals surface area contributed by atoms with Gasteiger partial charge in [0, 0.05) is 12.1 Å². The molecular formula is C23H26NO7S+. The molecule has 0 bridgehead atoms. The number of benzene rings is 2. The summed E-state index contributed by atoms with van der Waals surface area (Å²) >= 11 is 1.69. The molecule has 170 valence electrons. The summed E-state index contributed by atoms with van der Waals surface area (Å²) in [6.07, 6.45) is -2.79. The number of aliphatic hydroxyl groups is 4. The minimum absolute atomic E-state index is 0.293. The Balaban J connectivity index is 1.54. The zero-order chi connectivity index (χ0) is 22.8. The average molecular weight is 461 g/mol. The lowest BCUT2D eigenvalue weighted by molar-refractivity contribution is -0.642. The number of aromatic nitrogens is 1. The second-order valence-electron chi connectivity index (χ2n) is 7.53. The van der Waals surface area contributed by atoms with Crippen molar-refractivity contribution in [3.63, 3.8) is 0 Å². The Bertz CT molecular complexity index is 1110. The summed E-state index contributed by atoms with van der Waals surface area (Å²) in [5.74, 6) is 0.700. The third-order valence-corrected chi connectivity index (χ3v) is 6.65. The molecule has 5 atom stereocenters. The van der Waals surface area contributed by atoms with Crippen molar-refractivity contribution in [1.82, 2.24) is 0 Å². The molecule has 1 fully saturated rings. The molecule has 9 heteroatoms. The Morgan fingerprint density at radius 3 is 2.53 bits per heavy atom. The van der Waals surface area contributed by atoms with Crippen molar-refractivity contribution < 1.29 is 39.2 Å². The summed E-state index contributed by atoms with van der Waals surface area (Å²) in [5.41, 5.74) is 2.04. The molecule has 1 aliphatic heterocycles. The molecule has 3 aromatic rings. The maximum absolute atomic E-state index is 10.2. The number of hydrogen-bond donors (Lipinski definition) is 4. The summed E-state index contributed by atoms with van der Waals surface area (Å²) in [6.45, 7) is -0.527. The van der Waals surface area contributed by atoms with Crippen LogP contribution in [0.25, 0.3) is 22.4 Å². The molecule has 8 nitrogen and oxygen atoms in total. The van der Waals surface area contributed by atoms with Crippen LogP contribution in [0.5, 0.6) is 11.5 Å². The number of nitrogens with zero attached hydrogens (tertiary/aromatic N) is 1. The first-order valence-corrected chi connectivity index (χ1v) is 11.0. The minimum atomic E-state index is -1.51. The topological polar surface area (TPSA) is 112 Å². The van der Waals surface area contributed by atoms with E-state index in [2.05, 4.69) is 16.7 Å². The van der Waals surface area contributed by atoms with Crippen LogP contribution >= 0.6 is 11.3 Å². The lowest BCUT2D eigenvalue weighted by Gasteiger charge is -2.39. The van der Waals surface area contributed by atoms with E-state index in [1.165, 1.54) is 11.8 Å². The predicted octanol–water partition coefficient (Wildman–Crippen LogP) is 1.08.